The topological polar surface area (TPSA) is 87.7 Å². The second-order valence-corrected chi connectivity index (χ2v) is 7.74. The molecule has 0 radical (unpaired) electrons. The van der Waals surface area contributed by atoms with E-state index in [0.29, 0.717) is 11.4 Å². The molecule has 1 atom stereocenters. The summed E-state index contributed by atoms with van der Waals surface area (Å²) in [5.74, 6) is -0.237. The summed E-state index contributed by atoms with van der Waals surface area (Å²) < 4.78 is 5.34. The van der Waals surface area contributed by atoms with Crippen molar-refractivity contribution in [2.45, 2.75) is 23.8 Å². The van der Waals surface area contributed by atoms with Crippen molar-refractivity contribution in [1.29, 1.82) is 0 Å². The molecular weight excluding hydrogens is 390 g/mol. The zero-order chi connectivity index (χ0) is 21.0. The molecule has 0 unspecified atom stereocenters. The van der Waals surface area contributed by atoms with E-state index in [1.807, 2.05) is 42.7 Å². The lowest BCUT2D eigenvalue weighted by molar-refractivity contribution is -0.133. The highest BCUT2D eigenvalue weighted by atomic mass is 32.2. The Hall–Kier alpha value is -3.00. The minimum atomic E-state index is -1.15. The summed E-state index contributed by atoms with van der Waals surface area (Å²) in [6.07, 6.45) is 2.17. The van der Waals surface area contributed by atoms with Crippen molar-refractivity contribution in [2.75, 3.05) is 25.2 Å². The van der Waals surface area contributed by atoms with E-state index >= 15 is 0 Å². The predicted molar refractivity (Wildman–Crippen MR) is 112 cm³/mol. The van der Waals surface area contributed by atoms with Crippen molar-refractivity contribution >= 4 is 35.3 Å². The molecule has 8 heteroatoms. The highest BCUT2D eigenvalue weighted by Crippen LogP contribution is 2.28. The zero-order valence-corrected chi connectivity index (χ0v) is 17.3. The molecule has 0 aromatic heterocycles. The number of carbonyl (C=O) groups is 3. The van der Waals surface area contributed by atoms with Crippen molar-refractivity contribution in [1.82, 2.24) is 10.2 Å². The van der Waals surface area contributed by atoms with Gasteiger partial charge in [0.25, 0.3) is 5.91 Å². The SMILES string of the molecule is COc1ccccc1C[C@@]1(C)NC(=O)N(CC(=O)Nc2ccccc2SC)C1=O. The molecule has 0 spiro atoms. The van der Waals surface area contributed by atoms with Gasteiger partial charge in [-0.25, -0.2) is 4.79 Å². The maximum absolute atomic E-state index is 13.0. The molecule has 0 aliphatic carbocycles. The number of amides is 4. The van der Waals surface area contributed by atoms with Crippen molar-refractivity contribution in [3.63, 3.8) is 0 Å². The minimum absolute atomic E-state index is 0.259. The summed E-state index contributed by atoms with van der Waals surface area (Å²) in [4.78, 5) is 39.7. The van der Waals surface area contributed by atoms with Crippen LogP contribution in [0.25, 0.3) is 0 Å². The van der Waals surface area contributed by atoms with Gasteiger partial charge in [-0.3, -0.25) is 14.5 Å². The Morgan fingerprint density at radius 1 is 1.17 bits per heavy atom. The summed E-state index contributed by atoms with van der Waals surface area (Å²) in [6.45, 7) is 1.30. The van der Waals surface area contributed by atoms with Gasteiger partial charge < -0.3 is 15.4 Å². The molecule has 1 heterocycles. The average Bonchev–Trinajstić information content (AvgIpc) is 2.91. The Labute approximate surface area is 173 Å². The molecule has 3 rings (SSSR count). The van der Waals surface area contributed by atoms with Crippen LogP contribution in [-0.4, -0.2) is 48.2 Å². The second kappa shape index (κ2) is 8.57. The Morgan fingerprint density at radius 2 is 1.86 bits per heavy atom. The van der Waals surface area contributed by atoms with Crippen molar-refractivity contribution in [2.24, 2.45) is 0 Å². The smallest absolute Gasteiger partial charge is 0.325 e. The Morgan fingerprint density at radius 3 is 2.59 bits per heavy atom. The number of para-hydroxylation sites is 2. The highest BCUT2D eigenvalue weighted by Gasteiger charge is 2.48. The first-order valence-electron chi connectivity index (χ1n) is 9.07. The summed E-state index contributed by atoms with van der Waals surface area (Å²) in [5.41, 5.74) is 0.295. The number of thioether (sulfide) groups is 1. The van der Waals surface area contributed by atoms with Gasteiger partial charge >= 0.3 is 6.03 Å². The van der Waals surface area contributed by atoms with E-state index in [1.165, 1.54) is 11.8 Å². The first-order chi connectivity index (χ1) is 13.9. The maximum atomic E-state index is 13.0. The van der Waals surface area contributed by atoms with E-state index in [9.17, 15) is 14.4 Å². The van der Waals surface area contributed by atoms with Gasteiger partial charge in [-0.15, -0.1) is 11.8 Å². The van der Waals surface area contributed by atoms with Crippen molar-refractivity contribution < 1.29 is 19.1 Å². The molecule has 1 fully saturated rings. The molecule has 0 saturated carbocycles. The van der Waals surface area contributed by atoms with Crippen LogP contribution < -0.4 is 15.4 Å². The van der Waals surface area contributed by atoms with Gasteiger partial charge in [0.05, 0.1) is 12.8 Å². The summed E-state index contributed by atoms with van der Waals surface area (Å²) in [5, 5.41) is 5.49. The normalized spacial score (nSPS) is 18.5. The number of carbonyl (C=O) groups excluding carboxylic acids is 3. The molecule has 1 aliphatic rings. The lowest BCUT2D eigenvalue weighted by Crippen LogP contribution is -2.46. The fourth-order valence-electron chi connectivity index (χ4n) is 3.32. The van der Waals surface area contributed by atoms with Gasteiger partial charge in [0, 0.05) is 11.3 Å². The number of nitrogens with zero attached hydrogens (tertiary/aromatic N) is 1. The van der Waals surface area contributed by atoms with E-state index in [2.05, 4.69) is 10.6 Å². The number of methoxy groups -OCH3 is 1. The van der Waals surface area contributed by atoms with Gasteiger partial charge in [-0.1, -0.05) is 30.3 Å². The van der Waals surface area contributed by atoms with Crippen LogP contribution in [0.4, 0.5) is 10.5 Å². The molecule has 29 heavy (non-hydrogen) atoms. The van der Waals surface area contributed by atoms with Crippen LogP contribution in [0.2, 0.25) is 0 Å². The molecule has 1 saturated heterocycles. The number of anilines is 1. The molecule has 2 N–H and O–H groups in total. The van der Waals surface area contributed by atoms with E-state index in [4.69, 9.17) is 4.74 Å². The third kappa shape index (κ3) is 4.37. The van der Waals surface area contributed by atoms with Crippen molar-refractivity contribution in [3.05, 3.63) is 54.1 Å². The van der Waals surface area contributed by atoms with E-state index in [1.54, 1.807) is 26.2 Å². The molecule has 0 bridgehead atoms. The third-order valence-corrected chi connectivity index (χ3v) is 5.56. The summed E-state index contributed by atoms with van der Waals surface area (Å²) in [6, 6.07) is 14.1. The van der Waals surface area contributed by atoms with Crippen molar-refractivity contribution in [3.8, 4) is 5.75 Å². The van der Waals surface area contributed by atoms with Gasteiger partial charge in [0.2, 0.25) is 5.91 Å². The number of urea groups is 1. The lowest BCUT2D eigenvalue weighted by Gasteiger charge is -2.22. The number of imide groups is 1. The molecule has 4 amide bonds. The number of benzene rings is 2. The number of ether oxygens (including phenoxy) is 1. The molecule has 152 valence electrons. The quantitative estimate of drug-likeness (QED) is 0.538. The summed E-state index contributed by atoms with van der Waals surface area (Å²) in [7, 11) is 1.55. The van der Waals surface area contributed by atoms with Crippen LogP contribution in [0.3, 0.4) is 0 Å². The third-order valence-electron chi connectivity index (χ3n) is 4.76. The molecular formula is C21H23N3O4S. The van der Waals surface area contributed by atoms with E-state index in [-0.39, 0.29) is 13.0 Å². The minimum Gasteiger partial charge on any atom is -0.496 e. The van der Waals surface area contributed by atoms with Crippen LogP contribution in [-0.2, 0) is 16.0 Å². The Balaban J connectivity index is 1.72. The number of hydrogen-bond donors (Lipinski definition) is 2. The van der Waals surface area contributed by atoms with Gasteiger partial charge in [-0.05, 0) is 36.9 Å². The van der Waals surface area contributed by atoms with Crippen LogP contribution in [0.15, 0.2) is 53.4 Å². The number of hydrogen-bond acceptors (Lipinski definition) is 5. The Bertz CT molecular complexity index is 949. The highest BCUT2D eigenvalue weighted by molar-refractivity contribution is 7.98. The largest absolute Gasteiger partial charge is 0.496 e. The molecule has 7 nitrogen and oxygen atoms in total. The van der Waals surface area contributed by atoms with Crippen LogP contribution >= 0.6 is 11.8 Å². The van der Waals surface area contributed by atoms with E-state index in [0.717, 1.165) is 15.4 Å². The van der Waals surface area contributed by atoms with Crippen LogP contribution in [0, 0.1) is 0 Å². The molecule has 1 aliphatic heterocycles. The Kier molecular flexibility index (Phi) is 6.12. The molecule has 2 aromatic carbocycles. The standard InChI is InChI=1S/C21H23N3O4S/c1-21(12-14-8-4-6-10-16(14)28-2)19(26)24(20(27)23-21)13-18(25)22-15-9-5-7-11-17(15)29-3/h4-11H,12-13H2,1-3H3,(H,22,25)(H,23,27)/t21-/m1/s1. The first-order valence-corrected chi connectivity index (χ1v) is 10.3. The summed E-state index contributed by atoms with van der Waals surface area (Å²) >= 11 is 1.50. The maximum Gasteiger partial charge on any atom is 0.325 e. The van der Waals surface area contributed by atoms with Gasteiger partial charge in [-0.2, -0.15) is 0 Å². The fourth-order valence-corrected chi connectivity index (χ4v) is 3.88. The van der Waals surface area contributed by atoms with Crippen LogP contribution in [0.1, 0.15) is 12.5 Å². The molecule has 2 aromatic rings. The first kappa shape index (κ1) is 20.7. The fraction of sp³-hybridized carbons (Fsp3) is 0.286. The number of nitrogens with one attached hydrogen (secondary N) is 2. The monoisotopic (exact) mass is 413 g/mol. The van der Waals surface area contributed by atoms with Crippen LogP contribution in [0.5, 0.6) is 5.75 Å². The number of rotatable bonds is 7. The second-order valence-electron chi connectivity index (χ2n) is 6.89. The zero-order valence-electron chi connectivity index (χ0n) is 16.5. The predicted octanol–water partition coefficient (Wildman–Crippen LogP) is 2.91. The van der Waals surface area contributed by atoms with Gasteiger partial charge in [0.15, 0.2) is 0 Å². The van der Waals surface area contributed by atoms with Gasteiger partial charge in [0.1, 0.15) is 17.8 Å². The lowest BCUT2D eigenvalue weighted by atomic mass is 9.92. The average molecular weight is 413 g/mol. The van der Waals surface area contributed by atoms with E-state index < -0.39 is 23.4 Å².